The Bertz CT molecular complexity index is 956. The van der Waals surface area contributed by atoms with E-state index in [4.69, 9.17) is 0 Å². The van der Waals surface area contributed by atoms with E-state index in [0.717, 1.165) is 22.5 Å². The summed E-state index contributed by atoms with van der Waals surface area (Å²) >= 11 is 1.42. The van der Waals surface area contributed by atoms with Crippen LogP contribution in [-0.4, -0.2) is 17.1 Å². The third-order valence-electron chi connectivity index (χ3n) is 4.12. The van der Waals surface area contributed by atoms with Crippen LogP contribution in [0, 0.1) is 20.8 Å². The van der Waals surface area contributed by atoms with Crippen molar-refractivity contribution in [2.75, 3.05) is 10.3 Å². The largest absolute Gasteiger partial charge is 0.278 e. The molecule has 0 aliphatic rings. The van der Waals surface area contributed by atoms with Crippen molar-refractivity contribution >= 4 is 40.0 Å². The van der Waals surface area contributed by atoms with Crippen molar-refractivity contribution in [1.82, 2.24) is 4.98 Å². The van der Waals surface area contributed by atoms with Crippen LogP contribution in [0.4, 0.5) is 16.5 Å². The molecule has 0 bridgehead atoms. The van der Waals surface area contributed by atoms with Gasteiger partial charge in [0.2, 0.25) is 5.91 Å². The number of rotatable bonds is 5. The molecule has 1 N–H and O–H groups in total. The minimum Gasteiger partial charge on any atom is -0.278 e. The number of nitrogens with one attached hydrogen (secondary N) is 1. The molecule has 0 aliphatic heterocycles. The van der Waals surface area contributed by atoms with Gasteiger partial charge >= 0.3 is 0 Å². The summed E-state index contributed by atoms with van der Waals surface area (Å²) in [5, 5.41) is 6.76. The van der Waals surface area contributed by atoms with E-state index in [2.05, 4.69) is 15.5 Å². The predicted molar refractivity (Wildman–Crippen MR) is 113 cm³/mol. The first-order valence-corrected chi connectivity index (χ1v) is 9.52. The van der Waals surface area contributed by atoms with Crippen LogP contribution in [0.2, 0.25) is 0 Å². The van der Waals surface area contributed by atoms with Gasteiger partial charge in [-0.2, -0.15) is 5.10 Å². The number of hydrogen-bond donors (Lipinski definition) is 1. The SMILES string of the molecule is CC(=O)N(c1nc(/C=N\Nc2ccc(C)cc2)cs1)c1c(C)cccc1C. The number of benzene rings is 2. The molecule has 0 atom stereocenters. The molecule has 0 saturated heterocycles. The van der Waals surface area contributed by atoms with Crippen molar-refractivity contribution in [2.24, 2.45) is 5.10 Å². The third kappa shape index (κ3) is 4.41. The number of hydrazone groups is 1. The lowest BCUT2D eigenvalue weighted by atomic mass is 10.1. The molecular formula is C21H22N4OS. The third-order valence-corrected chi connectivity index (χ3v) is 4.97. The van der Waals surface area contributed by atoms with Crippen LogP contribution in [0.5, 0.6) is 0 Å². The predicted octanol–water partition coefficient (Wildman–Crippen LogP) is 5.20. The highest BCUT2D eigenvalue weighted by Crippen LogP contribution is 2.33. The maximum Gasteiger partial charge on any atom is 0.230 e. The minimum absolute atomic E-state index is 0.0666. The van der Waals surface area contributed by atoms with E-state index in [1.807, 2.05) is 68.6 Å². The number of nitrogens with zero attached hydrogens (tertiary/aromatic N) is 3. The van der Waals surface area contributed by atoms with Crippen molar-refractivity contribution in [3.63, 3.8) is 0 Å². The molecule has 2 aromatic carbocycles. The molecule has 0 radical (unpaired) electrons. The maximum absolute atomic E-state index is 12.3. The van der Waals surface area contributed by atoms with Crippen LogP contribution >= 0.6 is 11.3 Å². The molecule has 1 heterocycles. The van der Waals surface area contributed by atoms with E-state index in [1.165, 1.54) is 16.9 Å². The number of aryl methyl sites for hydroxylation is 3. The Kier molecular flexibility index (Phi) is 5.66. The second-order valence-corrected chi connectivity index (χ2v) is 7.22. The molecule has 0 saturated carbocycles. The van der Waals surface area contributed by atoms with Gasteiger partial charge in [-0.1, -0.05) is 35.9 Å². The lowest BCUT2D eigenvalue weighted by Gasteiger charge is -2.22. The maximum atomic E-state index is 12.3. The van der Waals surface area contributed by atoms with Gasteiger partial charge in [0.05, 0.1) is 23.3 Å². The second kappa shape index (κ2) is 8.14. The molecule has 27 heavy (non-hydrogen) atoms. The van der Waals surface area contributed by atoms with Gasteiger partial charge in [0.15, 0.2) is 5.13 Å². The number of hydrogen-bond acceptors (Lipinski definition) is 5. The Balaban J connectivity index is 1.81. The fraction of sp³-hybridized carbons (Fsp3) is 0.190. The quantitative estimate of drug-likeness (QED) is 0.490. The molecular weight excluding hydrogens is 356 g/mol. The number of amides is 1. The molecule has 0 fully saturated rings. The normalized spacial score (nSPS) is 11.0. The van der Waals surface area contributed by atoms with Gasteiger partial charge in [0.1, 0.15) is 0 Å². The molecule has 3 rings (SSSR count). The molecule has 0 unspecified atom stereocenters. The highest BCUT2D eigenvalue weighted by molar-refractivity contribution is 7.14. The zero-order valence-corrected chi connectivity index (χ0v) is 16.7. The average Bonchev–Trinajstić information content (AvgIpc) is 3.08. The van der Waals surface area contributed by atoms with Crippen molar-refractivity contribution in [3.05, 3.63) is 70.2 Å². The average molecular weight is 379 g/mol. The summed E-state index contributed by atoms with van der Waals surface area (Å²) in [5.41, 5.74) is 8.76. The summed E-state index contributed by atoms with van der Waals surface area (Å²) in [6.45, 7) is 7.60. The molecule has 1 aromatic heterocycles. The first-order chi connectivity index (χ1) is 13.0. The minimum atomic E-state index is -0.0666. The van der Waals surface area contributed by atoms with Crippen LogP contribution in [-0.2, 0) is 4.79 Å². The van der Waals surface area contributed by atoms with Gasteiger partial charge in [0.25, 0.3) is 0 Å². The summed E-state index contributed by atoms with van der Waals surface area (Å²) in [4.78, 5) is 18.6. The summed E-state index contributed by atoms with van der Waals surface area (Å²) in [6, 6.07) is 14.0. The van der Waals surface area contributed by atoms with E-state index < -0.39 is 0 Å². The highest BCUT2D eigenvalue weighted by Gasteiger charge is 2.21. The van der Waals surface area contributed by atoms with Crippen molar-refractivity contribution in [2.45, 2.75) is 27.7 Å². The topological polar surface area (TPSA) is 57.6 Å². The Hall–Kier alpha value is -2.99. The van der Waals surface area contributed by atoms with E-state index in [9.17, 15) is 4.79 Å². The van der Waals surface area contributed by atoms with Crippen molar-refractivity contribution in [3.8, 4) is 0 Å². The smallest absolute Gasteiger partial charge is 0.230 e. The van der Waals surface area contributed by atoms with Gasteiger partial charge in [-0.3, -0.25) is 15.1 Å². The number of aromatic nitrogens is 1. The Morgan fingerprint density at radius 3 is 2.41 bits per heavy atom. The highest BCUT2D eigenvalue weighted by atomic mass is 32.1. The summed E-state index contributed by atoms with van der Waals surface area (Å²) in [5.74, 6) is -0.0666. The first kappa shape index (κ1) is 18.8. The Morgan fingerprint density at radius 1 is 1.11 bits per heavy atom. The second-order valence-electron chi connectivity index (χ2n) is 6.39. The number of carbonyl (C=O) groups is 1. The lowest BCUT2D eigenvalue weighted by molar-refractivity contribution is -0.115. The number of anilines is 3. The van der Waals surface area contributed by atoms with Crippen LogP contribution < -0.4 is 10.3 Å². The van der Waals surface area contributed by atoms with Crippen LogP contribution in [0.1, 0.15) is 29.3 Å². The molecule has 6 heteroatoms. The molecule has 0 spiro atoms. The Morgan fingerprint density at radius 2 is 1.78 bits per heavy atom. The summed E-state index contributed by atoms with van der Waals surface area (Å²) in [7, 11) is 0. The number of carbonyl (C=O) groups excluding carboxylic acids is 1. The van der Waals surface area contributed by atoms with E-state index in [0.29, 0.717) is 10.8 Å². The van der Waals surface area contributed by atoms with Crippen LogP contribution in [0.15, 0.2) is 52.9 Å². The van der Waals surface area contributed by atoms with E-state index in [-0.39, 0.29) is 5.91 Å². The summed E-state index contributed by atoms with van der Waals surface area (Å²) < 4.78 is 0. The molecule has 138 valence electrons. The van der Waals surface area contributed by atoms with Gasteiger partial charge in [-0.15, -0.1) is 11.3 Å². The van der Waals surface area contributed by atoms with Gasteiger partial charge in [-0.25, -0.2) is 4.98 Å². The van der Waals surface area contributed by atoms with E-state index in [1.54, 1.807) is 18.0 Å². The fourth-order valence-electron chi connectivity index (χ4n) is 2.79. The standard InChI is InChI=1S/C21H22N4OS/c1-14-8-10-18(11-9-14)24-22-12-19-13-27-21(23-19)25(17(4)26)20-15(2)6-5-7-16(20)3/h5-13,24H,1-4H3/b22-12-. The van der Waals surface area contributed by atoms with E-state index >= 15 is 0 Å². The van der Waals surface area contributed by atoms with Crippen molar-refractivity contribution in [1.29, 1.82) is 0 Å². The van der Waals surface area contributed by atoms with Crippen LogP contribution in [0.3, 0.4) is 0 Å². The van der Waals surface area contributed by atoms with Crippen LogP contribution in [0.25, 0.3) is 0 Å². The number of para-hydroxylation sites is 1. The van der Waals surface area contributed by atoms with Crippen molar-refractivity contribution < 1.29 is 4.79 Å². The zero-order chi connectivity index (χ0) is 19.4. The fourth-order valence-corrected chi connectivity index (χ4v) is 3.61. The monoisotopic (exact) mass is 378 g/mol. The molecule has 1 amide bonds. The number of thiazole rings is 1. The first-order valence-electron chi connectivity index (χ1n) is 8.64. The molecule has 5 nitrogen and oxygen atoms in total. The lowest BCUT2D eigenvalue weighted by Crippen LogP contribution is -2.24. The zero-order valence-electron chi connectivity index (χ0n) is 15.9. The Labute approximate surface area is 163 Å². The van der Waals surface area contributed by atoms with Gasteiger partial charge in [0, 0.05) is 12.3 Å². The summed E-state index contributed by atoms with van der Waals surface area (Å²) in [6.07, 6.45) is 1.66. The molecule has 3 aromatic rings. The van der Waals surface area contributed by atoms with Gasteiger partial charge < -0.3 is 0 Å². The van der Waals surface area contributed by atoms with Gasteiger partial charge in [-0.05, 0) is 44.0 Å². The molecule has 0 aliphatic carbocycles.